The number of anilines is 1. The number of likely N-dealkylation sites (N-methyl/N-ethyl adjacent to an activating group) is 1. The lowest BCUT2D eigenvalue weighted by Gasteiger charge is -2.17. The van der Waals surface area contributed by atoms with Crippen LogP contribution in [-0.2, 0) is 14.8 Å². The van der Waals surface area contributed by atoms with Crippen molar-refractivity contribution in [2.75, 3.05) is 18.9 Å². The monoisotopic (exact) mass is 400 g/mol. The first-order valence-electron chi connectivity index (χ1n) is 6.56. The molecule has 5 nitrogen and oxygen atoms in total. The van der Waals surface area contributed by atoms with Gasteiger partial charge in [0.1, 0.15) is 5.82 Å². The van der Waals surface area contributed by atoms with E-state index in [4.69, 9.17) is 0 Å². The van der Waals surface area contributed by atoms with Crippen molar-refractivity contribution in [1.82, 2.24) is 4.31 Å². The van der Waals surface area contributed by atoms with Gasteiger partial charge in [-0.15, -0.1) is 0 Å². The Morgan fingerprint density at radius 3 is 2.26 bits per heavy atom. The van der Waals surface area contributed by atoms with E-state index in [1.807, 2.05) is 0 Å². The molecule has 23 heavy (non-hydrogen) atoms. The summed E-state index contributed by atoms with van der Waals surface area (Å²) in [5.41, 5.74) is 0.561. The van der Waals surface area contributed by atoms with E-state index in [1.165, 1.54) is 7.05 Å². The summed E-state index contributed by atoms with van der Waals surface area (Å²) in [4.78, 5) is 11.9. The van der Waals surface area contributed by atoms with Gasteiger partial charge in [-0.3, -0.25) is 4.79 Å². The van der Waals surface area contributed by atoms with Gasteiger partial charge in [-0.05, 0) is 48.5 Å². The molecule has 0 aromatic heterocycles. The van der Waals surface area contributed by atoms with Crippen LogP contribution in [0.25, 0.3) is 0 Å². The third-order valence-corrected chi connectivity index (χ3v) is 5.36. The van der Waals surface area contributed by atoms with Gasteiger partial charge in [-0.2, -0.15) is 4.31 Å². The molecule has 0 aliphatic rings. The number of hydrogen-bond acceptors (Lipinski definition) is 3. The predicted octanol–water partition coefficient (Wildman–Crippen LogP) is 2.85. The first-order valence-corrected chi connectivity index (χ1v) is 8.79. The summed E-state index contributed by atoms with van der Waals surface area (Å²) in [6.07, 6.45) is 0. The zero-order chi connectivity index (χ0) is 17.0. The van der Waals surface area contributed by atoms with Crippen molar-refractivity contribution >= 4 is 37.5 Å². The molecule has 0 saturated heterocycles. The average molecular weight is 401 g/mol. The van der Waals surface area contributed by atoms with Gasteiger partial charge in [0, 0.05) is 17.2 Å². The van der Waals surface area contributed by atoms with Crippen molar-refractivity contribution in [2.24, 2.45) is 0 Å². The fourth-order valence-corrected chi connectivity index (χ4v) is 3.20. The van der Waals surface area contributed by atoms with Crippen LogP contribution in [0.4, 0.5) is 10.1 Å². The minimum absolute atomic E-state index is 0.0714. The third kappa shape index (κ3) is 4.60. The molecule has 2 aromatic rings. The molecule has 0 aliphatic heterocycles. The lowest BCUT2D eigenvalue weighted by atomic mass is 10.3. The number of sulfonamides is 1. The quantitative estimate of drug-likeness (QED) is 0.838. The number of halogens is 2. The lowest BCUT2D eigenvalue weighted by Crippen LogP contribution is -2.34. The molecular weight excluding hydrogens is 387 g/mol. The lowest BCUT2D eigenvalue weighted by molar-refractivity contribution is -0.116. The fourth-order valence-electron chi connectivity index (χ4n) is 1.81. The molecule has 0 bridgehead atoms. The number of nitrogens with one attached hydrogen (secondary N) is 1. The maximum Gasteiger partial charge on any atom is 0.243 e. The van der Waals surface area contributed by atoms with E-state index in [0.717, 1.165) is 33.0 Å². The number of benzene rings is 2. The molecule has 0 spiro atoms. The molecular formula is C15H14BrFN2O3S. The summed E-state index contributed by atoms with van der Waals surface area (Å²) >= 11 is 3.28. The van der Waals surface area contributed by atoms with Crippen LogP contribution in [0, 0.1) is 5.82 Å². The van der Waals surface area contributed by atoms with E-state index in [0.29, 0.717) is 5.69 Å². The topological polar surface area (TPSA) is 66.5 Å². The van der Waals surface area contributed by atoms with E-state index in [2.05, 4.69) is 21.2 Å². The zero-order valence-electron chi connectivity index (χ0n) is 12.2. The minimum Gasteiger partial charge on any atom is -0.325 e. The molecule has 0 atom stereocenters. The number of amides is 1. The second kappa shape index (κ2) is 7.20. The summed E-state index contributed by atoms with van der Waals surface area (Å²) in [5.74, 6) is -1.000. The summed E-state index contributed by atoms with van der Waals surface area (Å²) in [7, 11) is -2.56. The van der Waals surface area contributed by atoms with Crippen molar-refractivity contribution in [1.29, 1.82) is 0 Å². The number of rotatable bonds is 5. The molecule has 0 fully saturated rings. The Hall–Kier alpha value is -1.77. The van der Waals surface area contributed by atoms with Gasteiger partial charge in [0.15, 0.2) is 0 Å². The van der Waals surface area contributed by atoms with E-state index in [9.17, 15) is 17.6 Å². The summed E-state index contributed by atoms with van der Waals surface area (Å²) < 4.78 is 39.2. The first kappa shape index (κ1) is 17.6. The Morgan fingerprint density at radius 2 is 1.70 bits per heavy atom. The van der Waals surface area contributed by atoms with Crippen LogP contribution in [0.3, 0.4) is 0 Å². The maximum atomic E-state index is 12.9. The van der Waals surface area contributed by atoms with Crippen LogP contribution >= 0.6 is 15.9 Å². The van der Waals surface area contributed by atoms with Crippen molar-refractivity contribution in [3.8, 4) is 0 Å². The minimum atomic E-state index is -3.85. The van der Waals surface area contributed by atoms with E-state index < -0.39 is 21.7 Å². The highest BCUT2D eigenvalue weighted by atomic mass is 79.9. The van der Waals surface area contributed by atoms with Crippen molar-refractivity contribution in [2.45, 2.75) is 4.90 Å². The Labute approximate surface area is 142 Å². The molecule has 2 rings (SSSR count). The van der Waals surface area contributed by atoms with E-state index >= 15 is 0 Å². The van der Waals surface area contributed by atoms with Crippen molar-refractivity contribution in [3.63, 3.8) is 0 Å². The van der Waals surface area contributed by atoms with Crippen LogP contribution in [0.5, 0.6) is 0 Å². The molecule has 0 heterocycles. The molecule has 1 amide bonds. The van der Waals surface area contributed by atoms with Crippen molar-refractivity contribution < 1.29 is 17.6 Å². The molecule has 2 aromatic carbocycles. The summed E-state index contributed by atoms with van der Waals surface area (Å²) in [5, 5.41) is 2.61. The Bertz CT molecular complexity index is 792. The van der Waals surface area contributed by atoms with Gasteiger partial charge in [-0.25, -0.2) is 12.8 Å². The average Bonchev–Trinajstić information content (AvgIpc) is 2.50. The number of hydrogen-bond donors (Lipinski definition) is 1. The second-order valence-electron chi connectivity index (χ2n) is 4.77. The number of carbonyl (C=O) groups is 1. The first-order chi connectivity index (χ1) is 10.8. The van der Waals surface area contributed by atoms with Gasteiger partial charge in [0.05, 0.1) is 11.4 Å². The summed E-state index contributed by atoms with van der Waals surface area (Å²) in [6.45, 7) is -0.351. The third-order valence-electron chi connectivity index (χ3n) is 3.02. The number of nitrogens with zero attached hydrogens (tertiary/aromatic N) is 1. The Kier molecular flexibility index (Phi) is 5.51. The molecule has 0 radical (unpaired) electrons. The van der Waals surface area contributed by atoms with Crippen molar-refractivity contribution in [3.05, 3.63) is 58.8 Å². The molecule has 0 saturated carbocycles. The van der Waals surface area contributed by atoms with Gasteiger partial charge in [-0.1, -0.05) is 15.9 Å². The molecule has 1 N–H and O–H groups in total. The van der Waals surface area contributed by atoms with Crippen LogP contribution in [-0.4, -0.2) is 32.2 Å². The van der Waals surface area contributed by atoms with Crippen LogP contribution in [0.2, 0.25) is 0 Å². The highest BCUT2D eigenvalue weighted by Crippen LogP contribution is 2.16. The van der Waals surface area contributed by atoms with Crippen LogP contribution < -0.4 is 5.32 Å². The standard InChI is InChI=1S/C15H14BrFN2O3S/c1-19(23(21,22)14-8-4-12(17)5-9-14)10-15(20)18-13-6-2-11(16)3-7-13/h2-9H,10H2,1H3,(H,18,20). The SMILES string of the molecule is CN(CC(=O)Nc1ccc(Br)cc1)S(=O)(=O)c1ccc(F)cc1. The van der Waals surface area contributed by atoms with E-state index in [-0.39, 0.29) is 11.4 Å². The fraction of sp³-hybridized carbons (Fsp3) is 0.133. The van der Waals surface area contributed by atoms with Gasteiger partial charge >= 0.3 is 0 Å². The Morgan fingerprint density at radius 1 is 1.13 bits per heavy atom. The molecule has 0 unspecified atom stereocenters. The zero-order valence-corrected chi connectivity index (χ0v) is 14.6. The smallest absolute Gasteiger partial charge is 0.243 e. The predicted molar refractivity (Wildman–Crippen MR) is 89.0 cm³/mol. The second-order valence-corrected chi connectivity index (χ2v) is 7.73. The maximum absolute atomic E-state index is 12.9. The normalized spacial score (nSPS) is 11.5. The molecule has 122 valence electrons. The van der Waals surface area contributed by atoms with Crippen LogP contribution in [0.1, 0.15) is 0 Å². The van der Waals surface area contributed by atoms with Gasteiger partial charge < -0.3 is 5.32 Å². The van der Waals surface area contributed by atoms with Crippen LogP contribution in [0.15, 0.2) is 57.9 Å². The highest BCUT2D eigenvalue weighted by Gasteiger charge is 2.22. The molecule has 8 heteroatoms. The van der Waals surface area contributed by atoms with Gasteiger partial charge in [0.2, 0.25) is 15.9 Å². The van der Waals surface area contributed by atoms with Gasteiger partial charge in [0.25, 0.3) is 0 Å². The highest BCUT2D eigenvalue weighted by molar-refractivity contribution is 9.10. The summed E-state index contributed by atoms with van der Waals surface area (Å²) in [6, 6.07) is 11.3. The van der Waals surface area contributed by atoms with E-state index in [1.54, 1.807) is 24.3 Å². The Balaban J connectivity index is 2.05. The largest absolute Gasteiger partial charge is 0.325 e. The molecule has 0 aliphatic carbocycles. The number of carbonyl (C=O) groups excluding carboxylic acids is 1.